The lowest BCUT2D eigenvalue weighted by Gasteiger charge is -2.32. The van der Waals surface area contributed by atoms with E-state index in [0.29, 0.717) is 10.9 Å². The van der Waals surface area contributed by atoms with Crippen LogP contribution in [0.15, 0.2) is 72.9 Å². The van der Waals surface area contributed by atoms with Crippen molar-refractivity contribution < 1.29 is 27.8 Å². The molecule has 4 rings (SSSR count). The van der Waals surface area contributed by atoms with E-state index in [0.717, 1.165) is 11.8 Å². The third-order valence-corrected chi connectivity index (χ3v) is 5.20. The molecule has 0 bridgehead atoms. The predicted molar refractivity (Wildman–Crippen MR) is 110 cm³/mol. The van der Waals surface area contributed by atoms with Gasteiger partial charge in [0.2, 0.25) is 5.60 Å². The van der Waals surface area contributed by atoms with Gasteiger partial charge in [0.05, 0.1) is 31.6 Å². The van der Waals surface area contributed by atoms with Crippen molar-refractivity contribution in [1.82, 2.24) is 9.78 Å². The van der Waals surface area contributed by atoms with Crippen molar-refractivity contribution in [2.75, 3.05) is 14.2 Å². The number of ether oxygens (including phenoxy) is 2. The molecule has 3 aromatic carbocycles. The number of alkyl halides is 3. The summed E-state index contributed by atoms with van der Waals surface area (Å²) in [6, 6.07) is 16.9. The molecule has 1 atom stereocenters. The highest BCUT2D eigenvalue weighted by Gasteiger charge is 2.56. The van der Waals surface area contributed by atoms with Gasteiger partial charge in [0.1, 0.15) is 0 Å². The summed E-state index contributed by atoms with van der Waals surface area (Å²) < 4.78 is 54.5. The van der Waals surface area contributed by atoms with E-state index in [-0.39, 0.29) is 22.6 Å². The van der Waals surface area contributed by atoms with Crippen molar-refractivity contribution >= 4 is 10.9 Å². The van der Waals surface area contributed by atoms with Gasteiger partial charge < -0.3 is 14.6 Å². The zero-order valence-electron chi connectivity index (χ0n) is 16.7. The van der Waals surface area contributed by atoms with E-state index in [1.54, 1.807) is 4.68 Å². The summed E-state index contributed by atoms with van der Waals surface area (Å²) in [5, 5.41) is 15.8. The van der Waals surface area contributed by atoms with Gasteiger partial charge >= 0.3 is 6.18 Å². The first-order valence-corrected chi connectivity index (χ1v) is 9.35. The number of aromatic nitrogens is 2. The summed E-state index contributed by atoms with van der Waals surface area (Å²) in [7, 11) is 2.70. The van der Waals surface area contributed by atoms with Crippen LogP contribution in [0.5, 0.6) is 11.5 Å². The van der Waals surface area contributed by atoms with E-state index >= 15 is 0 Å². The van der Waals surface area contributed by atoms with E-state index in [2.05, 4.69) is 5.10 Å². The lowest BCUT2D eigenvalue weighted by molar-refractivity contribution is -0.248. The molecule has 0 spiro atoms. The van der Waals surface area contributed by atoms with Crippen molar-refractivity contribution in [3.8, 4) is 17.2 Å². The Hall–Kier alpha value is -3.52. The molecule has 0 aliphatic rings. The van der Waals surface area contributed by atoms with Crippen LogP contribution in [0.4, 0.5) is 13.2 Å². The Bertz CT molecular complexity index is 1220. The number of rotatable bonds is 5. The Morgan fingerprint density at radius 2 is 1.48 bits per heavy atom. The lowest BCUT2D eigenvalue weighted by atomic mass is 9.85. The van der Waals surface area contributed by atoms with Crippen molar-refractivity contribution in [1.29, 1.82) is 0 Å². The standard InChI is InChI=1S/C23H19F3N2O3/c1-30-20-11-9-17(13-21(20)31-2)22(29,23(24,25)26)16-8-10-19-15(12-16)14-27-28(19)18-6-4-3-5-7-18/h3-14,29H,1-2H3. The van der Waals surface area contributed by atoms with Crippen LogP contribution in [0, 0.1) is 0 Å². The molecule has 160 valence electrons. The number of para-hydroxylation sites is 1. The van der Waals surface area contributed by atoms with E-state index in [4.69, 9.17) is 9.47 Å². The van der Waals surface area contributed by atoms with Gasteiger partial charge in [-0.15, -0.1) is 0 Å². The number of aliphatic hydroxyl groups is 1. The molecular weight excluding hydrogens is 409 g/mol. The maximum Gasteiger partial charge on any atom is 0.425 e. The van der Waals surface area contributed by atoms with Crippen LogP contribution in [0.1, 0.15) is 11.1 Å². The van der Waals surface area contributed by atoms with Crippen molar-refractivity contribution in [2.24, 2.45) is 0 Å². The topological polar surface area (TPSA) is 56.5 Å². The van der Waals surface area contributed by atoms with Gasteiger partial charge in [-0.3, -0.25) is 0 Å². The summed E-state index contributed by atoms with van der Waals surface area (Å²) in [4.78, 5) is 0. The van der Waals surface area contributed by atoms with Crippen molar-refractivity contribution in [3.05, 3.63) is 84.1 Å². The summed E-state index contributed by atoms with van der Waals surface area (Å²) >= 11 is 0. The number of methoxy groups -OCH3 is 2. The minimum Gasteiger partial charge on any atom is -0.493 e. The number of nitrogens with zero attached hydrogens (tertiary/aromatic N) is 2. The number of hydrogen-bond donors (Lipinski definition) is 1. The highest BCUT2D eigenvalue weighted by molar-refractivity contribution is 5.81. The van der Waals surface area contributed by atoms with Gasteiger partial charge in [0, 0.05) is 10.9 Å². The number of halogens is 3. The molecule has 0 radical (unpaired) electrons. The van der Waals surface area contributed by atoms with Gasteiger partial charge in [-0.1, -0.05) is 30.3 Å². The summed E-state index contributed by atoms with van der Waals surface area (Å²) in [6.45, 7) is 0. The molecule has 0 fully saturated rings. The first kappa shape index (κ1) is 20.7. The lowest BCUT2D eigenvalue weighted by Crippen LogP contribution is -2.43. The number of fused-ring (bicyclic) bond motifs is 1. The van der Waals surface area contributed by atoms with Gasteiger partial charge in [-0.05, 0) is 42.0 Å². The van der Waals surface area contributed by atoms with Crippen molar-refractivity contribution in [2.45, 2.75) is 11.8 Å². The fourth-order valence-corrected chi connectivity index (χ4v) is 3.59. The predicted octanol–water partition coefficient (Wildman–Crippen LogP) is 4.84. The van der Waals surface area contributed by atoms with E-state index in [9.17, 15) is 18.3 Å². The molecule has 0 amide bonds. The van der Waals surface area contributed by atoms with Crippen LogP contribution in [-0.4, -0.2) is 35.3 Å². The Morgan fingerprint density at radius 3 is 2.13 bits per heavy atom. The van der Waals surface area contributed by atoms with Gasteiger partial charge in [0.15, 0.2) is 11.5 Å². The average Bonchev–Trinajstić information content (AvgIpc) is 3.21. The second kappa shape index (κ2) is 7.63. The Kier molecular flexibility index (Phi) is 5.10. The zero-order valence-corrected chi connectivity index (χ0v) is 16.7. The fourth-order valence-electron chi connectivity index (χ4n) is 3.59. The zero-order chi connectivity index (χ0) is 22.2. The maximum atomic E-state index is 14.2. The Balaban J connectivity index is 1.87. The number of hydrogen-bond acceptors (Lipinski definition) is 4. The molecule has 1 heterocycles. The molecular formula is C23H19F3N2O3. The quantitative estimate of drug-likeness (QED) is 0.494. The molecule has 1 aromatic heterocycles. The summed E-state index contributed by atoms with van der Waals surface area (Å²) in [5.74, 6) is 0.344. The Morgan fingerprint density at radius 1 is 0.839 bits per heavy atom. The molecule has 0 saturated heterocycles. The molecule has 5 nitrogen and oxygen atoms in total. The van der Waals surface area contributed by atoms with E-state index in [1.807, 2.05) is 30.3 Å². The third-order valence-electron chi connectivity index (χ3n) is 5.20. The minimum absolute atomic E-state index is 0.0839. The van der Waals surface area contributed by atoms with E-state index < -0.39 is 11.8 Å². The fraction of sp³-hybridized carbons (Fsp3) is 0.174. The van der Waals surface area contributed by atoms with Crippen LogP contribution in [0.3, 0.4) is 0 Å². The Labute approximate surface area is 176 Å². The number of benzene rings is 3. The molecule has 0 aliphatic carbocycles. The minimum atomic E-state index is -4.99. The van der Waals surface area contributed by atoms with Gasteiger partial charge in [0.25, 0.3) is 0 Å². The van der Waals surface area contributed by atoms with Crippen molar-refractivity contribution in [3.63, 3.8) is 0 Å². The largest absolute Gasteiger partial charge is 0.493 e. The monoisotopic (exact) mass is 428 g/mol. The highest BCUT2D eigenvalue weighted by atomic mass is 19.4. The van der Waals surface area contributed by atoms with Crippen LogP contribution >= 0.6 is 0 Å². The van der Waals surface area contributed by atoms with E-state index in [1.165, 1.54) is 50.7 Å². The van der Waals surface area contributed by atoms with Gasteiger partial charge in [-0.25, -0.2) is 4.68 Å². The second-order valence-corrected chi connectivity index (χ2v) is 6.94. The van der Waals surface area contributed by atoms with Crippen LogP contribution in [0.25, 0.3) is 16.6 Å². The summed E-state index contributed by atoms with van der Waals surface area (Å²) in [6.07, 6.45) is -3.52. The first-order chi connectivity index (χ1) is 14.8. The first-order valence-electron chi connectivity index (χ1n) is 9.35. The molecule has 1 N–H and O–H groups in total. The second-order valence-electron chi connectivity index (χ2n) is 6.94. The molecule has 1 unspecified atom stereocenters. The SMILES string of the molecule is COc1ccc(C(O)(c2ccc3c(cnn3-c3ccccc3)c2)C(F)(F)F)cc1OC. The summed E-state index contributed by atoms with van der Waals surface area (Å²) in [5.41, 5.74) is -2.57. The average molecular weight is 428 g/mol. The van der Waals surface area contributed by atoms with Crippen LogP contribution in [0.2, 0.25) is 0 Å². The van der Waals surface area contributed by atoms with Crippen LogP contribution < -0.4 is 9.47 Å². The molecule has 4 aromatic rings. The third kappa shape index (κ3) is 3.38. The maximum absolute atomic E-state index is 14.2. The van der Waals surface area contributed by atoms with Crippen LogP contribution in [-0.2, 0) is 5.60 Å². The smallest absolute Gasteiger partial charge is 0.425 e. The van der Waals surface area contributed by atoms with Gasteiger partial charge in [-0.2, -0.15) is 18.3 Å². The molecule has 0 saturated carbocycles. The molecule has 0 aliphatic heterocycles. The highest BCUT2D eigenvalue weighted by Crippen LogP contribution is 2.46. The molecule has 8 heteroatoms. The molecule has 31 heavy (non-hydrogen) atoms. The normalized spacial score (nSPS) is 13.7.